The van der Waals surface area contributed by atoms with Crippen molar-refractivity contribution in [2.75, 3.05) is 0 Å². The van der Waals surface area contributed by atoms with Crippen LogP contribution in [0.1, 0.15) is 15.4 Å². The van der Waals surface area contributed by atoms with Gasteiger partial charge in [0.25, 0.3) is 0 Å². The summed E-state index contributed by atoms with van der Waals surface area (Å²) in [5.41, 5.74) is 1.17. The molecule has 0 aliphatic rings. The summed E-state index contributed by atoms with van der Waals surface area (Å²) in [7, 11) is 0. The van der Waals surface area contributed by atoms with Crippen molar-refractivity contribution in [3.63, 3.8) is 0 Å². The Bertz CT molecular complexity index is 522. The first kappa shape index (κ1) is 12.3. The Balaban J connectivity index is 2.06. The summed E-state index contributed by atoms with van der Waals surface area (Å²) in [6.45, 7) is 0. The Morgan fingerprint density at radius 2 is 2.06 bits per heavy atom. The van der Waals surface area contributed by atoms with Gasteiger partial charge in [-0.05, 0) is 17.7 Å². The number of carboxylic acid groups (broad SMARTS) is 1. The number of nitrogens with zero attached hydrogens (tertiary/aromatic N) is 1. The molecule has 0 unspecified atom stereocenters. The maximum Gasteiger partial charge on any atom is 0.308 e. The smallest absolute Gasteiger partial charge is 0.308 e. The Morgan fingerprint density at radius 3 is 2.71 bits per heavy atom. The third-order valence-electron chi connectivity index (χ3n) is 2.20. The predicted octanol–water partition coefficient (Wildman–Crippen LogP) is 3.12. The van der Waals surface area contributed by atoms with Crippen LogP contribution in [-0.2, 0) is 17.6 Å². The average Bonchev–Trinajstić information content (AvgIpc) is 2.68. The van der Waals surface area contributed by atoms with Gasteiger partial charge in [0.15, 0.2) is 0 Å². The Kier molecular flexibility index (Phi) is 3.91. The number of aliphatic carboxylic acids is 1. The normalized spacial score (nSPS) is 10.4. The molecule has 1 N–H and O–H groups in total. The van der Waals surface area contributed by atoms with Gasteiger partial charge in [0.2, 0.25) is 0 Å². The van der Waals surface area contributed by atoms with E-state index in [1.807, 2.05) is 24.3 Å². The van der Waals surface area contributed by atoms with Gasteiger partial charge in [0.1, 0.15) is 0 Å². The number of rotatable bonds is 4. The van der Waals surface area contributed by atoms with E-state index < -0.39 is 5.97 Å². The van der Waals surface area contributed by atoms with Crippen LogP contribution in [0.2, 0.25) is 0 Å². The molecule has 0 bridgehead atoms. The van der Waals surface area contributed by atoms with Crippen LogP contribution in [0.3, 0.4) is 0 Å². The quantitative estimate of drug-likeness (QED) is 0.943. The van der Waals surface area contributed by atoms with Gasteiger partial charge in [-0.1, -0.05) is 28.1 Å². The summed E-state index contributed by atoms with van der Waals surface area (Å²) in [6, 6.07) is 8.03. The largest absolute Gasteiger partial charge is 0.481 e. The molecule has 0 saturated heterocycles. The van der Waals surface area contributed by atoms with E-state index in [2.05, 4.69) is 20.9 Å². The zero-order chi connectivity index (χ0) is 12.3. The zero-order valence-corrected chi connectivity index (χ0v) is 11.3. The number of aromatic nitrogens is 1. The number of carbonyl (C=O) groups is 1. The summed E-state index contributed by atoms with van der Waals surface area (Å²) < 4.78 is 1.05. The van der Waals surface area contributed by atoms with Gasteiger partial charge in [-0.3, -0.25) is 4.79 Å². The third kappa shape index (κ3) is 3.64. The number of halogens is 1. The minimum absolute atomic E-state index is 0.0536. The van der Waals surface area contributed by atoms with E-state index in [4.69, 9.17) is 5.11 Å². The molecule has 2 rings (SSSR count). The van der Waals surface area contributed by atoms with Crippen molar-refractivity contribution >= 4 is 33.2 Å². The van der Waals surface area contributed by atoms with E-state index in [0.717, 1.165) is 20.8 Å². The van der Waals surface area contributed by atoms with Crippen LogP contribution in [0.15, 0.2) is 34.9 Å². The Labute approximate surface area is 111 Å². The number of carboxylic acids is 1. The molecule has 0 amide bonds. The fourth-order valence-corrected chi connectivity index (χ4v) is 2.65. The van der Waals surface area contributed by atoms with Gasteiger partial charge in [0, 0.05) is 22.0 Å². The number of hydrogen-bond donors (Lipinski definition) is 1. The first-order chi connectivity index (χ1) is 8.13. The SMILES string of the molecule is O=C(O)Cc1cnc(Cc2ccc(Br)cc2)s1. The van der Waals surface area contributed by atoms with Crippen molar-refractivity contribution in [3.05, 3.63) is 50.4 Å². The lowest BCUT2D eigenvalue weighted by atomic mass is 10.2. The molecule has 0 aliphatic heterocycles. The monoisotopic (exact) mass is 311 g/mol. The van der Waals surface area contributed by atoms with Crippen LogP contribution in [0.5, 0.6) is 0 Å². The summed E-state index contributed by atoms with van der Waals surface area (Å²) >= 11 is 4.84. The predicted molar refractivity (Wildman–Crippen MR) is 70.4 cm³/mol. The summed E-state index contributed by atoms with van der Waals surface area (Å²) in [6.07, 6.45) is 2.45. The van der Waals surface area contributed by atoms with Crippen molar-refractivity contribution in [2.45, 2.75) is 12.8 Å². The second kappa shape index (κ2) is 5.42. The summed E-state index contributed by atoms with van der Waals surface area (Å²) in [4.78, 5) is 15.6. The van der Waals surface area contributed by atoms with E-state index in [0.29, 0.717) is 0 Å². The van der Waals surface area contributed by atoms with E-state index in [1.165, 1.54) is 16.9 Å². The molecule has 0 spiro atoms. The molecular weight excluding hydrogens is 302 g/mol. The average molecular weight is 312 g/mol. The highest BCUT2D eigenvalue weighted by molar-refractivity contribution is 9.10. The van der Waals surface area contributed by atoms with Crippen molar-refractivity contribution < 1.29 is 9.90 Å². The highest BCUT2D eigenvalue weighted by Crippen LogP contribution is 2.18. The van der Waals surface area contributed by atoms with Crippen LogP contribution in [0.25, 0.3) is 0 Å². The fourth-order valence-electron chi connectivity index (χ4n) is 1.44. The number of thiazole rings is 1. The third-order valence-corrected chi connectivity index (χ3v) is 3.72. The first-order valence-corrected chi connectivity index (χ1v) is 6.64. The van der Waals surface area contributed by atoms with Gasteiger partial charge in [-0.15, -0.1) is 11.3 Å². The second-order valence-electron chi connectivity index (χ2n) is 3.59. The molecule has 5 heteroatoms. The Hall–Kier alpha value is -1.20. The lowest BCUT2D eigenvalue weighted by Gasteiger charge is -1.97. The molecule has 0 radical (unpaired) electrons. The van der Waals surface area contributed by atoms with Crippen LogP contribution in [-0.4, -0.2) is 16.1 Å². The van der Waals surface area contributed by atoms with Crippen molar-refractivity contribution in [2.24, 2.45) is 0 Å². The fraction of sp³-hybridized carbons (Fsp3) is 0.167. The molecule has 0 aliphatic carbocycles. The number of hydrogen-bond acceptors (Lipinski definition) is 3. The molecule has 1 aromatic carbocycles. The number of benzene rings is 1. The molecule has 0 atom stereocenters. The standard InChI is InChI=1S/C12H10BrNO2S/c13-9-3-1-8(2-4-9)5-11-14-7-10(17-11)6-12(15)16/h1-4,7H,5-6H2,(H,15,16). The van der Waals surface area contributed by atoms with E-state index >= 15 is 0 Å². The van der Waals surface area contributed by atoms with Gasteiger partial charge in [-0.25, -0.2) is 4.98 Å². The highest BCUT2D eigenvalue weighted by Gasteiger charge is 2.06. The second-order valence-corrected chi connectivity index (χ2v) is 5.71. The lowest BCUT2D eigenvalue weighted by molar-refractivity contribution is -0.136. The molecule has 1 aromatic heterocycles. The van der Waals surface area contributed by atoms with Crippen LogP contribution >= 0.6 is 27.3 Å². The van der Waals surface area contributed by atoms with E-state index in [1.54, 1.807) is 6.20 Å². The maximum absolute atomic E-state index is 10.5. The van der Waals surface area contributed by atoms with Crippen LogP contribution in [0, 0.1) is 0 Å². The maximum atomic E-state index is 10.5. The van der Waals surface area contributed by atoms with E-state index in [9.17, 15) is 4.79 Å². The van der Waals surface area contributed by atoms with Crippen molar-refractivity contribution in [1.82, 2.24) is 4.98 Å². The molecule has 17 heavy (non-hydrogen) atoms. The minimum atomic E-state index is -0.816. The van der Waals surface area contributed by atoms with Gasteiger partial charge in [0.05, 0.1) is 11.4 Å². The Morgan fingerprint density at radius 1 is 1.35 bits per heavy atom. The molecule has 0 fully saturated rings. The lowest BCUT2D eigenvalue weighted by Crippen LogP contribution is -1.97. The molecule has 1 heterocycles. The first-order valence-electron chi connectivity index (χ1n) is 5.03. The highest BCUT2D eigenvalue weighted by atomic mass is 79.9. The molecule has 0 saturated carbocycles. The van der Waals surface area contributed by atoms with Crippen LogP contribution < -0.4 is 0 Å². The molecular formula is C12H10BrNO2S. The summed E-state index contributed by atoms with van der Waals surface area (Å²) in [5.74, 6) is -0.816. The summed E-state index contributed by atoms with van der Waals surface area (Å²) in [5, 5.41) is 9.62. The minimum Gasteiger partial charge on any atom is -0.481 e. The van der Waals surface area contributed by atoms with Crippen LogP contribution in [0.4, 0.5) is 0 Å². The van der Waals surface area contributed by atoms with Gasteiger partial charge in [-0.2, -0.15) is 0 Å². The molecule has 2 aromatic rings. The molecule has 3 nitrogen and oxygen atoms in total. The molecule has 88 valence electrons. The van der Waals surface area contributed by atoms with E-state index in [-0.39, 0.29) is 6.42 Å². The van der Waals surface area contributed by atoms with Gasteiger partial charge >= 0.3 is 5.97 Å². The van der Waals surface area contributed by atoms with Gasteiger partial charge < -0.3 is 5.11 Å². The van der Waals surface area contributed by atoms with Crippen molar-refractivity contribution in [1.29, 1.82) is 0 Å². The van der Waals surface area contributed by atoms with Crippen molar-refractivity contribution in [3.8, 4) is 0 Å². The topological polar surface area (TPSA) is 50.2 Å². The zero-order valence-electron chi connectivity index (χ0n) is 8.89.